The molecular formula is C31H24N2O4. The smallest absolute Gasteiger partial charge is 0.296 e. The highest BCUT2D eigenvalue weighted by molar-refractivity contribution is 6.10. The van der Waals surface area contributed by atoms with Gasteiger partial charge in [-0.05, 0) is 86.0 Å². The molecule has 0 saturated heterocycles. The number of para-hydroxylation sites is 1. The van der Waals surface area contributed by atoms with Crippen molar-refractivity contribution >= 4 is 22.7 Å². The highest BCUT2D eigenvalue weighted by Crippen LogP contribution is 2.41. The van der Waals surface area contributed by atoms with Crippen LogP contribution in [-0.2, 0) is 0 Å². The van der Waals surface area contributed by atoms with Crippen molar-refractivity contribution in [3.05, 3.63) is 129 Å². The van der Waals surface area contributed by atoms with E-state index in [0.29, 0.717) is 33.8 Å². The topological polar surface area (TPSA) is 72.6 Å². The molecule has 6 rings (SSSR count). The van der Waals surface area contributed by atoms with Gasteiger partial charge in [0, 0.05) is 5.69 Å². The van der Waals surface area contributed by atoms with Gasteiger partial charge in [-0.25, -0.2) is 4.98 Å². The molecule has 2 aromatic heterocycles. The molecule has 1 atom stereocenters. The number of amides is 1. The number of carbonyl (C=O) groups excluding carboxylic acids is 1. The first-order chi connectivity index (χ1) is 17.9. The fraction of sp³-hybridized carbons (Fsp3) is 0.129. The number of fused-ring (bicyclic) bond motifs is 2. The largest absolute Gasteiger partial charge is 0.457 e. The van der Waals surface area contributed by atoms with Gasteiger partial charge in [-0.2, -0.15) is 0 Å². The molecule has 0 saturated carbocycles. The Morgan fingerprint density at radius 1 is 0.811 bits per heavy atom. The Bertz CT molecular complexity index is 1740. The van der Waals surface area contributed by atoms with Crippen LogP contribution < -0.4 is 15.1 Å². The number of anilines is 1. The van der Waals surface area contributed by atoms with Gasteiger partial charge in [-0.3, -0.25) is 14.5 Å². The van der Waals surface area contributed by atoms with E-state index in [4.69, 9.17) is 9.15 Å². The molecule has 0 spiro atoms. The van der Waals surface area contributed by atoms with Crippen LogP contribution in [0, 0.1) is 20.8 Å². The predicted octanol–water partition coefficient (Wildman–Crippen LogP) is 6.66. The Hall–Kier alpha value is -4.71. The van der Waals surface area contributed by atoms with Crippen LogP contribution in [0.15, 0.2) is 94.1 Å². The molecule has 6 heteroatoms. The van der Waals surface area contributed by atoms with Gasteiger partial charge in [0.15, 0.2) is 5.43 Å². The second-order valence-electron chi connectivity index (χ2n) is 9.31. The molecule has 0 N–H and O–H groups in total. The van der Waals surface area contributed by atoms with Crippen molar-refractivity contribution in [1.29, 1.82) is 0 Å². The van der Waals surface area contributed by atoms with Gasteiger partial charge < -0.3 is 9.15 Å². The third-order valence-corrected chi connectivity index (χ3v) is 6.76. The van der Waals surface area contributed by atoms with Gasteiger partial charge in [0.2, 0.25) is 5.76 Å². The number of hydrogen-bond donors (Lipinski definition) is 0. The molecule has 3 aromatic carbocycles. The fourth-order valence-corrected chi connectivity index (χ4v) is 4.82. The lowest BCUT2D eigenvalue weighted by Gasteiger charge is -2.24. The molecule has 5 aromatic rings. The summed E-state index contributed by atoms with van der Waals surface area (Å²) in [5.41, 5.74) is 3.94. The first kappa shape index (κ1) is 22.7. The van der Waals surface area contributed by atoms with E-state index >= 15 is 0 Å². The molecule has 182 valence electrons. The Morgan fingerprint density at radius 3 is 2.32 bits per heavy atom. The highest BCUT2D eigenvalue weighted by atomic mass is 16.5. The lowest BCUT2D eigenvalue weighted by Crippen LogP contribution is -2.30. The van der Waals surface area contributed by atoms with E-state index in [1.165, 1.54) is 0 Å². The second-order valence-corrected chi connectivity index (χ2v) is 9.31. The van der Waals surface area contributed by atoms with Gasteiger partial charge in [0.25, 0.3) is 5.91 Å². The molecule has 1 aliphatic rings. The predicted molar refractivity (Wildman–Crippen MR) is 143 cm³/mol. The van der Waals surface area contributed by atoms with E-state index in [2.05, 4.69) is 4.98 Å². The standard InChI is InChI=1S/C31H24N2O4/c1-18-15-24-25(16-19(18)2)37-30-27(29(24)34)28(33(31(30)35)26-14-7-9-20(3)32-26)21-10-8-13-23(17-21)36-22-11-5-4-6-12-22/h4-17,28H,1-3H3. The van der Waals surface area contributed by atoms with Crippen molar-refractivity contribution in [2.45, 2.75) is 26.8 Å². The number of rotatable bonds is 4. The first-order valence-electron chi connectivity index (χ1n) is 12.1. The molecule has 1 unspecified atom stereocenters. The summed E-state index contributed by atoms with van der Waals surface area (Å²) in [6.45, 7) is 5.77. The quantitative estimate of drug-likeness (QED) is 0.283. The third-order valence-electron chi connectivity index (χ3n) is 6.76. The van der Waals surface area contributed by atoms with Crippen molar-refractivity contribution in [3.8, 4) is 11.5 Å². The monoisotopic (exact) mass is 488 g/mol. The highest BCUT2D eigenvalue weighted by Gasteiger charge is 2.44. The number of aromatic nitrogens is 1. The number of carbonyl (C=O) groups is 1. The zero-order valence-electron chi connectivity index (χ0n) is 20.7. The van der Waals surface area contributed by atoms with E-state index in [9.17, 15) is 9.59 Å². The van der Waals surface area contributed by atoms with Crippen molar-refractivity contribution in [2.24, 2.45) is 0 Å². The molecule has 37 heavy (non-hydrogen) atoms. The van der Waals surface area contributed by atoms with E-state index in [1.807, 2.05) is 99.6 Å². The maximum Gasteiger partial charge on any atom is 0.296 e. The van der Waals surface area contributed by atoms with Crippen LogP contribution in [0.4, 0.5) is 5.82 Å². The Balaban J connectivity index is 1.57. The lowest BCUT2D eigenvalue weighted by atomic mass is 9.97. The molecule has 0 aliphatic carbocycles. The molecule has 1 aliphatic heterocycles. The average molecular weight is 489 g/mol. The van der Waals surface area contributed by atoms with E-state index in [1.54, 1.807) is 11.0 Å². The van der Waals surface area contributed by atoms with Crippen LogP contribution in [0.1, 0.15) is 44.5 Å². The van der Waals surface area contributed by atoms with Crippen LogP contribution in [0.5, 0.6) is 11.5 Å². The number of benzene rings is 3. The van der Waals surface area contributed by atoms with Crippen LogP contribution in [0.2, 0.25) is 0 Å². The minimum Gasteiger partial charge on any atom is -0.457 e. The summed E-state index contributed by atoms with van der Waals surface area (Å²) in [6.07, 6.45) is 0. The van der Waals surface area contributed by atoms with Crippen molar-refractivity contribution in [1.82, 2.24) is 4.98 Å². The summed E-state index contributed by atoms with van der Waals surface area (Å²) in [5.74, 6) is 1.38. The minimum absolute atomic E-state index is 0.0449. The number of hydrogen-bond acceptors (Lipinski definition) is 5. The van der Waals surface area contributed by atoms with Gasteiger partial charge in [0.1, 0.15) is 22.9 Å². The second kappa shape index (κ2) is 8.75. The average Bonchev–Trinajstić information content (AvgIpc) is 3.18. The van der Waals surface area contributed by atoms with Crippen LogP contribution in [-0.4, -0.2) is 10.9 Å². The van der Waals surface area contributed by atoms with Crippen molar-refractivity contribution < 1.29 is 13.9 Å². The molecule has 3 heterocycles. The fourth-order valence-electron chi connectivity index (χ4n) is 4.82. The summed E-state index contributed by atoms with van der Waals surface area (Å²) < 4.78 is 12.2. The maximum absolute atomic E-state index is 13.9. The van der Waals surface area contributed by atoms with Crippen LogP contribution in [0.3, 0.4) is 0 Å². The van der Waals surface area contributed by atoms with Crippen molar-refractivity contribution in [2.75, 3.05) is 4.90 Å². The number of aryl methyl sites for hydroxylation is 3. The number of ether oxygens (including phenoxy) is 1. The molecule has 6 nitrogen and oxygen atoms in total. The van der Waals surface area contributed by atoms with Gasteiger partial charge >= 0.3 is 0 Å². The Labute approximate surface area is 213 Å². The molecule has 0 bridgehead atoms. The third kappa shape index (κ3) is 3.87. The number of nitrogens with zero attached hydrogens (tertiary/aromatic N) is 2. The van der Waals surface area contributed by atoms with Crippen LogP contribution in [0.25, 0.3) is 11.0 Å². The summed E-state index contributed by atoms with van der Waals surface area (Å²) in [4.78, 5) is 33.9. The van der Waals surface area contributed by atoms with Crippen molar-refractivity contribution in [3.63, 3.8) is 0 Å². The molecule has 1 amide bonds. The summed E-state index contributed by atoms with van der Waals surface area (Å²) >= 11 is 0. The minimum atomic E-state index is -0.724. The van der Waals surface area contributed by atoms with Crippen LogP contribution >= 0.6 is 0 Å². The first-order valence-corrected chi connectivity index (χ1v) is 12.1. The summed E-state index contributed by atoms with van der Waals surface area (Å²) in [5, 5.41) is 0.454. The van der Waals surface area contributed by atoms with Gasteiger partial charge in [-0.15, -0.1) is 0 Å². The summed E-state index contributed by atoms with van der Waals surface area (Å²) in [6, 6.07) is 25.3. The Kier molecular flexibility index (Phi) is 5.37. The summed E-state index contributed by atoms with van der Waals surface area (Å²) in [7, 11) is 0. The Morgan fingerprint density at radius 2 is 1.54 bits per heavy atom. The normalized spacial score (nSPS) is 14.7. The maximum atomic E-state index is 13.9. The zero-order valence-corrected chi connectivity index (χ0v) is 20.7. The molecule has 0 fully saturated rings. The van der Waals surface area contributed by atoms with Gasteiger partial charge in [-0.1, -0.05) is 36.4 Å². The number of pyridine rings is 1. The van der Waals surface area contributed by atoms with Gasteiger partial charge in [0.05, 0.1) is 17.0 Å². The lowest BCUT2D eigenvalue weighted by molar-refractivity contribution is 0.0970. The zero-order chi connectivity index (χ0) is 25.7. The molecule has 0 radical (unpaired) electrons. The van der Waals surface area contributed by atoms with E-state index in [0.717, 1.165) is 22.4 Å². The van der Waals surface area contributed by atoms with E-state index in [-0.39, 0.29) is 11.2 Å². The SMILES string of the molecule is Cc1cccc(N2C(=O)c3oc4cc(C)c(C)cc4c(=O)c3C2c2cccc(Oc3ccccc3)c2)n1. The van der Waals surface area contributed by atoms with E-state index < -0.39 is 11.9 Å². The molecular weight excluding hydrogens is 464 g/mol.